The highest BCUT2D eigenvalue weighted by atomic mass is 16.7. The highest BCUT2D eigenvalue weighted by Gasteiger charge is 2.39. The quantitative estimate of drug-likeness (QED) is 0.178. The van der Waals surface area contributed by atoms with Gasteiger partial charge in [0, 0.05) is 30.2 Å². The van der Waals surface area contributed by atoms with Gasteiger partial charge in [-0.25, -0.2) is 9.59 Å². The van der Waals surface area contributed by atoms with Crippen molar-refractivity contribution in [3.63, 3.8) is 0 Å². The van der Waals surface area contributed by atoms with Crippen LogP contribution in [-0.2, 0) is 24.4 Å². The van der Waals surface area contributed by atoms with Crippen LogP contribution in [0.15, 0.2) is 65.6 Å². The lowest BCUT2D eigenvalue weighted by Crippen LogP contribution is -2.30. The Hall–Kier alpha value is -4.82. The maximum Gasteiger partial charge on any atom is 0.508 e. The predicted octanol–water partition coefficient (Wildman–Crippen LogP) is 4.07. The van der Waals surface area contributed by atoms with E-state index in [-0.39, 0.29) is 36.6 Å². The Morgan fingerprint density at radius 1 is 1.18 bits per heavy atom. The molecule has 0 saturated carbocycles. The number of carbonyl (C=O) groups excluding carboxylic acids is 2. The van der Waals surface area contributed by atoms with E-state index < -0.39 is 53.6 Å². The number of nitro benzene ring substituents is 1. The molecule has 1 aromatic heterocycles. The number of aliphatic hydroxyl groups is 1. The lowest BCUT2D eigenvalue weighted by Gasteiger charge is -2.19. The molecule has 4 rings (SSSR count). The topological polar surface area (TPSA) is 181 Å². The molecular weight excluding hydrogens is 588 g/mol. The van der Waals surface area contributed by atoms with Crippen molar-refractivity contribution in [3.8, 4) is 5.75 Å². The number of aromatic nitrogens is 2. The van der Waals surface area contributed by atoms with Crippen molar-refractivity contribution in [1.82, 2.24) is 9.55 Å². The Morgan fingerprint density at radius 3 is 2.53 bits per heavy atom. The third-order valence-corrected chi connectivity index (χ3v) is 7.22. The number of rotatable bonds is 11. The maximum atomic E-state index is 12.8. The molecule has 240 valence electrons. The summed E-state index contributed by atoms with van der Waals surface area (Å²) in [6, 6.07) is 15.0. The van der Waals surface area contributed by atoms with Crippen LogP contribution in [0.2, 0.25) is 0 Å². The molecule has 0 bridgehead atoms. The normalized spacial score (nSPS) is 18.6. The second-order valence-corrected chi connectivity index (χ2v) is 11.6. The summed E-state index contributed by atoms with van der Waals surface area (Å²) >= 11 is 0. The van der Waals surface area contributed by atoms with Gasteiger partial charge in [-0.2, -0.15) is 4.98 Å². The van der Waals surface area contributed by atoms with Crippen LogP contribution in [0.1, 0.15) is 57.4 Å². The molecule has 1 unspecified atom stereocenters. The second-order valence-electron chi connectivity index (χ2n) is 11.6. The highest BCUT2D eigenvalue weighted by Crippen LogP contribution is 2.31. The van der Waals surface area contributed by atoms with Gasteiger partial charge in [-0.1, -0.05) is 58.0 Å². The van der Waals surface area contributed by atoms with E-state index in [1.54, 1.807) is 37.3 Å². The van der Waals surface area contributed by atoms with Gasteiger partial charge in [-0.3, -0.25) is 19.5 Å². The van der Waals surface area contributed by atoms with Crippen molar-refractivity contribution in [2.24, 2.45) is 0 Å². The molecule has 1 fully saturated rings. The predicted molar refractivity (Wildman–Crippen MR) is 161 cm³/mol. The highest BCUT2D eigenvalue weighted by molar-refractivity contribution is 5.90. The van der Waals surface area contributed by atoms with Crippen molar-refractivity contribution in [2.75, 3.05) is 25.1 Å². The standard InChI is InChI=1S/C31H36N4O10/c1-19(22-7-5-6-8-23(22)35(40)41)17-43-30(39)45-24-15-28(44-25(24)16-36)34-14-13-26(33-29(34)38)32-27(37)18-42-21-11-9-20(10-12-21)31(2,3)4/h5-14,19,24-25,28,36H,15-18H2,1-4H3,(H,32,33,37,38)/t19?,24-,25+,28+/m0/s1. The fourth-order valence-electron chi connectivity index (χ4n) is 4.75. The zero-order chi connectivity index (χ0) is 32.7. The smallest absolute Gasteiger partial charge is 0.484 e. The first-order valence-electron chi connectivity index (χ1n) is 14.3. The van der Waals surface area contributed by atoms with Crippen LogP contribution in [-0.4, -0.2) is 63.7 Å². The third kappa shape index (κ3) is 8.64. The molecule has 0 radical (unpaired) electrons. The van der Waals surface area contributed by atoms with Crippen molar-refractivity contribution < 1.29 is 38.6 Å². The number of amides is 1. The van der Waals surface area contributed by atoms with Gasteiger partial charge in [0.1, 0.15) is 36.6 Å². The number of nitrogens with zero attached hydrogens (tertiary/aromatic N) is 3. The van der Waals surface area contributed by atoms with Crippen LogP contribution in [0.3, 0.4) is 0 Å². The molecule has 1 aliphatic heterocycles. The van der Waals surface area contributed by atoms with E-state index in [1.807, 2.05) is 12.1 Å². The van der Waals surface area contributed by atoms with Crippen molar-refractivity contribution in [3.05, 3.63) is 92.5 Å². The lowest BCUT2D eigenvalue weighted by atomic mass is 9.87. The summed E-state index contributed by atoms with van der Waals surface area (Å²) in [4.78, 5) is 52.2. The Bertz CT molecular complexity index is 1570. The van der Waals surface area contributed by atoms with E-state index in [1.165, 1.54) is 18.3 Å². The average molecular weight is 625 g/mol. The molecule has 2 heterocycles. The Kier molecular flexibility index (Phi) is 10.5. The number of aliphatic hydroxyl groups excluding tert-OH is 1. The summed E-state index contributed by atoms with van der Waals surface area (Å²) in [5.74, 6) is -0.474. The molecule has 14 heteroatoms. The SMILES string of the molecule is CC(COC(=O)O[C@H]1C[C@H](n2ccc(NC(=O)COc3ccc(C(C)(C)C)cc3)nc2=O)O[C@@H]1CO)c1ccccc1[N+](=O)[O-]. The first-order chi connectivity index (χ1) is 21.3. The molecule has 3 aromatic rings. The minimum atomic E-state index is -1.05. The molecule has 2 N–H and O–H groups in total. The van der Waals surface area contributed by atoms with Gasteiger partial charge in [-0.05, 0) is 29.2 Å². The number of benzene rings is 2. The van der Waals surface area contributed by atoms with Crippen LogP contribution >= 0.6 is 0 Å². The fraction of sp³-hybridized carbons (Fsp3) is 0.419. The number of hydrogen-bond acceptors (Lipinski definition) is 11. The summed E-state index contributed by atoms with van der Waals surface area (Å²) in [6.07, 6.45) is -2.50. The molecule has 14 nitrogen and oxygen atoms in total. The minimum Gasteiger partial charge on any atom is -0.484 e. The van der Waals surface area contributed by atoms with Crippen molar-refractivity contribution in [1.29, 1.82) is 0 Å². The summed E-state index contributed by atoms with van der Waals surface area (Å²) in [5, 5.41) is 23.6. The Morgan fingerprint density at radius 2 is 1.89 bits per heavy atom. The average Bonchev–Trinajstić information content (AvgIpc) is 3.40. The molecule has 2 aromatic carbocycles. The zero-order valence-electron chi connectivity index (χ0n) is 25.4. The number of para-hydroxylation sites is 1. The van der Waals surface area contributed by atoms with E-state index in [0.29, 0.717) is 11.3 Å². The van der Waals surface area contributed by atoms with Gasteiger partial charge in [-0.15, -0.1) is 0 Å². The maximum absolute atomic E-state index is 12.8. The zero-order valence-corrected chi connectivity index (χ0v) is 25.4. The van der Waals surface area contributed by atoms with Gasteiger partial charge in [0.15, 0.2) is 6.61 Å². The first-order valence-corrected chi connectivity index (χ1v) is 14.3. The molecule has 1 aliphatic rings. The first kappa shape index (κ1) is 33.1. The summed E-state index contributed by atoms with van der Waals surface area (Å²) in [6.45, 7) is 6.98. The number of anilines is 1. The van der Waals surface area contributed by atoms with Crippen LogP contribution in [0.5, 0.6) is 5.75 Å². The second kappa shape index (κ2) is 14.3. The number of nitrogens with one attached hydrogen (secondary N) is 1. The number of carbonyl (C=O) groups is 2. The van der Waals surface area contributed by atoms with Crippen LogP contribution in [0, 0.1) is 10.1 Å². The molecule has 1 saturated heterocycles. The molecule has 1 amide bonds. The largest absolute Gasteiger partial charge is 0.508 e. The van der Waals surface area contributed by atoms with Crippen molar-refractivity contribution in [2.45, 2.75) is 63.9 Å². The Balaban J connectivity index is 1.29. The van der Waals surface area contributed by atoms with Gasteiger partial charge < -0.3 is 29.4 Å². The van der Waals surface area contributed by atoms with Crippen molar-refractivity contribution >= 4 is 23.6 Å². The summed E-state index contributed by atoms with van der Waals surface area (Å²) in [7, 11) is 0. The van der Waals surface area contributed by atoms with Crippen LogP contribution in [0.4, 0.5) is 16.3 Å². The van der Waals surface area contributed by atoms with Gasteiger partial charge >= 0.3 is 11.8 Å². The van der Waals surface area contributed by atoms with Crippen LogP contribution in [0.25, 0.3) is 0 Å². The third-order valence-electron chi connectivity index (χ3n) is 7.22. The Labute approximate surface area is 259 Å². The van der Waals surface area contributed by atoms with E-state index >= 15 is 0 Å². The molecule has 4 atom stereocenters. The number of nitro groups is 1. The fourth-order valence-corrected chi connectivity index (χ4v) is 4.75. The number of hydrogen-bond donors (Lipinski definition) is 2. The van der Waals surface area contributed by atoms with Crippen LogP contribution < -0.4 is 15.7 Å². The monoisotopic (exact) mass is 624 g/mol. The lowest BCUT2D eigenvalue weighted by molar-refractivity contribution is -0.385. The minimum absolute atomic E-state index is 0.00814. The van der Waals surface area contributed by atoms with E-state index in [2.05, 4.69) is 31.1 Å². The van der Waals surface area contributed by atoms with Gasteiger partial charge in [0.05, 0.1) is 11.5 Å². The van der Waals surface area contributed by atoms with E-state index in [0.717, 1.165) is 10.1 Å². The molecule has 0 aliphatic carbocycles. The van der Waals surface area contributed by atoms with E-state index in [9.17, 15) is 29.6 Å². The van der Waals surface area contributed by atoms with Gasteiger partial charge in [0.25, 0.3) is 11.6 Å². The summed E-state index contributed by atoms with van der Waals surface area (Å²) in [5.41, 5.74) is 0.684. The molecule has 0 spiro atoms. The summed E-state index contributed by atoms with van der Waals surface area (Å²) < 4.78 is 22.9. The molecular formula is C31H36N4O10. The van der Waals surface area contributed by atoms with Gasteiger partial charge in [0.2, 0.25) is 0 Å². The molecule has 45 heavy (non-hydrogen) atoms. The number of ether oxygens (including phenoxy) is 4. The van der Waals surface area contributed by atoms with E-state index in [4.69, 9.17) is 18.9 Å².